The van der Waals surface area contributed by atoms with Crippen molar-refractivity contribution in [1.29, 1.82) is 0 Å². The van der Waals surface area contributed by atoms with E-state index in [0.717, 1.165) is 18.7 Å². The van der Waals surface area contributed by atoms with E-state index in [2.05, 4.69) is 17.4 Å². The van der Waals surface area contributed by atoms with Gasteiger partial charge in [0.25, 0.3) is 0 Å². The van der Waals surface area contributed by atoms with Crippen LogP contribution in [0, 0.1) is 0 Å². The molecule has 0 spiro atoms. The van der Waals surface area contributed by atoms with Gasteiger partial charge < -0.3 is 14.8 Å². The van der Waals surface area contributed by atoms with E-state index in [0.29, 0.717) is 12.1 Å². The minimum Gasteiger partial charge on any atom is -0.496 e. The van der Waals surface area contributed by atoms with Crippen molar-refractivity contribution in [2.45, 2.75) is 44.2 Å². The molecule has 2 rings (SSSR count). The van der Waals surface area contributed by atoms with Crippen molar-refractivity contribution in [2.75, 3.05) is 20.8 Å². The third-order valence-electron chi connectivity index (χ3n) is 4.00. The predicted molar refractivity (Wildman–Crippen MR) is 77.8 cm³/mol. The van der Waals surface area contributed by atoms with Crippen molar-refractivity contribution in [3.8, 4) is 5.75 Å². The molecule has 2 atom stereocenters. The van der Waals surface area contributed by atoms with Crippen LogP contribution in [0.3, 0.4) is 0 Å². The van der Waals surface area contributed by atoms with E-state index in [1.54, 1.807) is 7.11 Å². The minimum atomic E-state index is 0.381. The molecule has 1 saturated carbocycles. The van der Waals surface area contributed by atoms with Crippen LogP contribution in [0.15, 0.2) is 24.3 Å². The second-order valence-electron chi connectivity index (χ2n) is 5.18. The first-order valence-electron chi connectivity index (χ1n) is 7.23. The van der Waals surface area contributed by atoms with Gasteiger partial charge in [0.2, 0.25) is 0 Å². The van der Waals surface area contributed by atoms with Gasteiger partial charge in [-0.15, -0.1) is 0 Å². The number of rotatable bonds is 6. The Kier molecular flexibility index (Phi) is 5.67. The molecule has 3 heteroatoms. The number of benzene rings is 1. The van der Waals surface area contributed by atoms with Crippen molar-refractivity contribution in [3.05, 3.63) is 29.8 Å². The first kappa shape index (κ1) is 14.4. The lowest BCUT2D eigenvalue weighted by atomic mass is 9.92. The van der Waals surface area contributed by atoms with Crippen molar-refractivity contribution < 1.29 is 9.47 Å². The van der Waals surface area contributed by atoms with Gasteiger partial charge in [-0.25, -0.2) is 0 Å². The van der Waals surface area contributed by atoms with E-state index in [9.17, 15) is 0 Å². The molecule has 0 aromatic heterocycles. The van der Waals surface area contributed by atoms with E-state index in [4.69, 9.17) is 9.47 Å². The molecule has 19 heavy (non-hydrogen) atoms. The zero-order chi connectivity index (χ0) is 13.5. The van der Waals surface area contributed by atoms with E-state index in [-0.39, 0.29) is 0 Å². The third-order valence-corrected chi connectivity index (χ3v) is 4.00. The van der Waals surface area contributed by atoms with Gasteiger partial charge in [-0.05, 0) is 37.4 Å². The van der Waals surface area contributed by atoms with E-state index < -0.39 is 0 Å². The first-order chi connectivity index (χ1) is 9.35. The number of para-hydroxylation sites is 1. The van der Waals surface area contributed by atoms with Gasteiger partial charge >= 0.3 is 0 Å². The molecule has 3 nitrogen and oxygen atoms in total. The summed E-state index contributed by atoms with van der Waals surface area (Å²) in [6.07, 6.45) is 6.39. The Hall–Kier alpha value is -1.06. The topological polar surface area (TPSA) is 30.5 Å². The van der Waals surface area contributed by atoms with E-state index in [1.807, 2.05) is 19.2 Å². The molecular weight excluding hydrogens is 238 g/mol. The second-order valence-corrected chi connectivity index (χ2v) is 5.18. The van der Waals surface area contributed by atoms with Crippen molar-refractivity contribution >= 4 is 0 Å². The van der Waals surface area contributed by atoms with Crippen molar-refractivity contribution in [1.82, 2.24) is 5.32 Å². The summed E-state index contributed by atoms with van der Waals surface area (Å²) in [5.74, 6) is 0.983. The Labute approximate surface area is 116 Å². The highest BCUT2D eigenvalue weighted by Crippen LogP contribution is 2.21. The molecule has 0 amide bonds. The number of methoxy groups -OCH3 is 2. The lowest BCUT2D eigenvalue weighted by Gasteiger charge is -2.31. The van der Waals surface area contributed by atoms with E-state index >= 15 is 0 Å². The smallest absolute Gasteiger partial charge is 0.122 e. The number of hydrogen-bond donors (Lipinski definition) is 1. The van der Waals surface area contributed by atoms with Crippen LogP contribution < -0.4 is 10.1 Å². The lowest BCUT2D eigenvalue weighted by Crippen LogP contribution is -2.43. The third kappa shape index (κ3) is 3.95. The molecule has 1 aromatic carbocycles. The summed E-state index contributed by atoms with van der Waals surface area (Å²) in [6, 6.07) is 8.74. The summed E-state index contributed by atoms with van der Waals surface area (Å²) in [7, 11) is 3.55. The quantitative estimate of drug-likeness (QED) is 0.856. The summed E-state index contributed by atoms with van der Waals surface area (Å²) in [5.41, 5.74) is 1.27. The van der Waals surface area contributed by atoms with Crippen LogP contribution in [0.4, 0.5) is 0 Å². The summed E-state index contributed by atoms with van der Waals surface area (Å²) in [6.45, 7) is 0.977. The highest BCUT2D eigenvalue weighted by molar-refractivity contribution is 5.33. The average Bonchev–Trinajstić information content (AvgIpc) is 2.48. The lowest BCUT2D eigenvalue weighted by molar-refractivity contribution is 0.0421. The van der Waals surface area contributed by atoms with Crippen molar-refractivity contribution in [3.63, 3.8) is 0 Å². The van der Waals surface area contributed by atoms with Gasteiger partial charge in [0.15, 0.2) is 0 Å². The summed E-state index contributed by atoms with van der Waals surface area (Å²) in [5, 5.41) is 3.64. The fourth-order valence-corrected chi connectivity index (χ4v) is 2.91. The van der Waals surface area contributed by atoms with E-state index in [1.165, 1.54) is 31.2 Å². The molecule has 1 aliphatic carbocycles. The van der Waals surface area contributed by atoms with Crippen LogP contribution in [-0.4, -0.2) is 32.9 Å². The van der Waals surface area contributed by atoms with Gasteiger partial charge in [-0.3, -0.25) is 0 Å². The largest absolute Gasteiger partial charge is 0.496 e. The van der Waals surface area contributed by atoms with Gasteiger partial charge in [-0.1, -0.05) is 31.0 Å². The maximum Gasteiger partial charge on any atom is 0.122 e. The molecule has 0 aliphatic heterocycles. The summed E-state index contributed by atoms with van der Waals surface area (Å²) in [4.78, 5) is 0. The average molecular weight is 263 g/mol. The Morgan fingerprint density at radius 2 is 1.95 bits per heavy atom. The Morgan fingerprint density at radius 1 is 1.16 bits per heavy atom. The number of hydrogen-bond acceptors (Lipinski definition) is 3. The predicted octanol–water partition coefficient (Wildman–Crippen LogP) is 2.78. The fourth-order valence-electron chi connectivity index (χ4n) is 2.91. The molecule has 1 aliphatic rings. The zero-order valence-electron chi connectivity index (χ0n) is 12.0. The number of nitrogens with one attached hydrogen (secondary N) is 1. The first-order valence-corrected chi connectivity index (χ1v) is 7.23. The van der Waals surface area contributed by atoms with Crippen LogP contribution in [0.1, 0.15) is 31.2 Å². The summed E-state index contributed by atoms with van der Waals surface area (Å²) >= 11 is 0. The Balaban J connectivity index is 1.82. The standard InChI is InChI=1S/C16H25NO2/c1-18-15-9-5-3-7-13(15)11-12-17-14-8-4-6-10-16(14)19-2/h3,5,7,9,14,16-17H,4,6,8,10-12H2,1-2H3. The van der Waals surface area contributed by atoms with Crippen LogP contribution >= 0.6 is 0 Å². The van der Waals surface area contributed by atoms with Gasteiger partial charge in [0, 0.05) is 13.2 Å². The zero-order valence-corrected chi connectivity index (χ0v) is 12.0. The normalized spacial score (nSPS) is 23.3. The van der Waals surface area contributed by atoms with Crippen molar-refractivity contribution in [2.24, 2.45) is 0 Å². The molecular formula is C16H25NO2. The second kappa shape index (κ2) is 7.51. The summed E-state index contributed by atoms with van der Waals surface area (Å²) < 4.78 is 10.9. The highest BCUT2D eigenvalue weighted by Gasteiger charge is 2.23. The molecule has 1 aromatic rings. The van der Waals surface area contributed by atoms with Crippen LogP contribution in [0.2, 0.25) is 0 Å². The molecule has 0 bridgehead atoms. The Morgan fingerprint density at radius 3 is 2.74 bits per heavy atom. The molecule has 2 unspecified atom stereocenters. The minimum absolute atomic E-state index is 0.381. The van der Waals surface area contributed by atoms with Gasteiger partial charge in [0.05, 0.1) is 13.2 Å². The fraction of sp³-hybridized carbons (Fsp3) is 0.625. The molecule has 0 radical (unpaired) electrons. The van der Waals surface area contributed by atoms with Gasteiger partial charge in [0.1, 0.15) is 5.75 Å². The van der Waals surface area contributed by atoms with Crippen LogP contribution in [-0.2, 0) is 11.2 Å². The van der Waals surface area contributed by atoms with Crippen LogP contribution in [0.5, 0.6) is 5.75 Å². The number of ether oxygens (including phenoxy) is 2. The molecule has 1 N–H and O–H groups in total. The molecule has 0 saturated heterocycles. The maximum atomic E-state index is 5.56. The van der Waals surface area contributed by atoms with Crippen LogP contribution in [0.25, 0.3) is 0 Å². The maximum absolute atomic E-state index is 5.56. The monoisotopic (exact) mass is 263 g/mol. The highest BCUT2D eigenvalue weighted by atomic mass is 16.5. The SMILES string of the molecule is COc1ccccc1CCNC1CCCCC1OC. The molecule has 106 valence electrons. The molecule has 1 fully saturated rings. The molecule has 0 heterocycles. The van der Waals surface area contributed by atoms with Gasteiger partial charge in [-0.2, -0.15) is 0 Å². The Bertz CT molecular complexity index is 381.